The van der Waals surface area contributed by atoms with Crippen LogP contribution in [-0.2, 0) is 21.3 Å². The molecule has 0 amide bonds. The number of carbonyl (C=O) groups is 1. The molecule has 0 N–H and O–H groups in total. The third kappa shape index (κ3) is 6.37. The van der Waals surface area contributed by atoms with Crippen LogP contribution in [0.2, 0.25) is 5.02 Å². The van der Waals surface area contributed by atoms with Gasteiger partial charge >= 0.3 is 5.97 Å². The predicted octanol–water partition coefficient (Wildman–Crippen LogP) is 7.78. The third-order valence-electron chi connectivity index (χ3n) is 11.0. The van der Waals surface area contributed by atoms with Gasteiger partial charge in [-0.05, 0) is 117 Å². The molecule has 0 radical (unpaired) electrons. The van der Waals surface area contributed by atoms with Gasteiger partial charge in [-0.2, -0.15) is 0 Å². The Balaban J connectivity index is 1.15. The van der Waals surface area contributed by atoms with Crippen LogP contribution in [-0.4, -0.2) is 61.2 Å². The van der Waals surface area contributed by atoms with Crippen molar-refractivity contribution in [1.29, 1.82) is 0 Å². The summed E-state index contributed by atoms with van der Waals surface area (Å²) in [7, 11) is 3.35. The number of halogens is 1. The van der Waals surface area contributed by atoms with Gasteiger partial charge in [-0.1, -0.05) is 35.9 Å². The number of fused-ring (bicyclic) bond motifs is 3. The van der Waals surface area contributed by atoms with Gasteiger partial charge in [0.05, 0.1) is 31.1 Å². The second-order valence-corrected chi connectivity index (χ2v) is 15.4. The summed E-state index contributed by atoms with van der Waals surface area (Å²) in [5, 5.41) is 2.18. The normalized spacial score (nSPS) is 27.8. The van der Waals surface area contributed by atoms with Crippen molar-refractivity contribution in [3.8, 4) is 5.75 Å². The van der Waals surface area contributed by atoms with E-state index in [0.29, 0.717) is 35.2 Å². The van der Waals surface area contributed by atoms with Crippen molar-refractivity contribution in [3.05, 3.63) is 76.6 Å². The summed E-state index contributed by atoms with van der Waals surface area (Å²) in [5.74, 6) is 2.02. The van der Waals surface area contributed by atoms with Gasteiger partial charge in [0.2, 0.25) is 0 Å². The molecule has 2 heterocycles. The number of aryl methyl sites for hydroxylation is 1. The zero-order chi connectivity index (χ0) is 31.7. The van der Waals surface area contributed by atoms with Gasteiger partial charge in [-0.15, -0.1) is 0 Å². The lowest BCUT2D eigenvalue weighted by Gasteiger charge is -2.48. The number of anilines is 1. The molecule has 1 unspecified atom stereocenters. The summed E-state index contributed by atoms with van der Waals surface area (Å²) in [6, 6.07) is 14.0. The molecule has 2 aromatic carbocycles. The van der Waals surface area contributed by atoms with Crippen molar-refractivity contribution < 1.29 is 19.0 Å². The van der Waals surface area contributed by atoms with Crippen LogP contribution in [0, 0.1) is 17.8 Å². The standard InChI is InChI=1S/C37H44ClN3O4S/c1-43-34(25-6-3-8-29(19-25)46-36-39-16-5-17-40-36)30-12-9-27(30)21-41-22-37(15-4-7-24-18-28(38)11-13-31(24)37)23-45-33-14-10-26(20-32(33)41)35(42)44-2/h5,10-11,13-14,16-18,20,25,27,29-30,34H,3-4,6-9,12,15,19,21-23H2,1-2H3/t25-,27-,29?,30+,34+,37-/m0/s1. The van der Waals surface area contributed by atoms with Crippen molar-refractivity contribution in [2.24, 2.45) is 17.8 Å². The number of ether oxygens (including phenoxy) is 3. The van der Waals surface area contributed by atoms with E-state index < -0.39 is 0 Å². The maximum Gasteiger partial charge on any atom is 0.337 e. The van der Waals surface area contributed by atoms with Crippen molar-refractivity contribution in [1.82, 2.24) is 9.97 Å². The van der Waals surface area contributed by atoms with Crippen molar-refractivity contribution in [2.45, 2.75) is 79.7 Å². The van der Waals surface area contributed by atoms with Crippen LogP contribution in [0.1, 0.15) is 72.9 Å². The van der Waals surface area contributed by atoms with Gasteiger partial charge in [0.25, 0.3) is 0 Å². The SMILES string of the molecule is COC(=O)c1ccc2c(c1)N(C[C@@H]1CC[C@H]1[C@H](OC)[C@H]1CCCC(Sc3ncccn3)C1)C[C@@]1(CCCc3cc(Cl)ccc31)CO2. The zero-order valence-electron chi connectivity index (χ0n) is 26.8. The number of benzene rings is 2. The fraction of sp³-hybridized carbons (Fsp3) is 0.541. The lowest BCUT2D eigenvalue weighted by molar-refractivity contribution is -0.0587. The Morgan fingerprint density at radius 3 is 2.76 bits per heavy atom. The molecular weight excluding hydrogens is 618 g/mol. The monoisotopic (exact) mass is 661 g/mol. The molecule has 46 heavy (non-hydrogen) atoms. The first-order valence-corrected chi connectivity index (χ1v) is 18.1. The van der Waals surface area contributed by atoms with Crippen molar-refractivity contribution in [2.75, 3.05) is 38.8 Å². The summed E-state index contributed by atoms with van der Waals surface area (Å²) < 4.78 is 18.1. The highest BCUT2D eigenvalue weighted by molar-refractivity contribution is 7.99. The Morgan fingerprint density at radius 2 is 1.98 bits per heavy atom. The van der Waals surface area contributed by atoms with E-state index in [0.717, 1.165) is 60.4 Å². The number of aromatic nitrogens is 2. The summed E-state index contributed by atoms with van der Waals surface area (Å²) >= 11 is 8.29. The van der Waals surface area contributed by atoms with Gasteiger partial charge in [-0.25, -0.2) is 14.8 Å². The minimum Gasteiger partial charge on any atom is -0.490 e. The van der Waals surface area contributed by atoms with E-state index in [2.05, 4.69) is 27.0 Å². The Bertz CT molecular complexity index is 1540. The fourth-order valence-electron chi connectivity index (χ4n) is 8.69. The lowest BCUT2D eigenvalue weighted by Crippen LogP contribution is -2.51. The largest absolute Gasteiger partial charge is 0.490 e. The van der Waals surface area contributed by atoms with E-state index in [-0.39, 0.29) is 17.5 Å². The lowest BCUT2D eigenvalue weighted by atomic mass is 9.65. The maximum absolute atomic E-state index is 12.6. The molecule has 4 aliphatic rings. The molecule has 0 saturated heterocycles. The minimum absolute atomic E-state index is 0.157. The van der Waals surface area contributed by atoms with E-state index in [9.17, 15) is 4.79 Å². The molecule has 6 atom stereocenters. The van der Waals surface area contributed by atoms with E-state index in [1.165, 1.54) is 50.3 Å². The van der Waals surface area contributed by atoms with E-state index in [1.54, 1.807) is 0 Å². The quantitative estimate of drug-likeness (QED) is 0.179. The molecule has 1 aliphatic heterocycles. The number of nitrogens with zero attached hydrogens (tertiary/aromatic N) is 3. The van der Waals surface area contributed by atoms with Crippen LogP contribution in [0.4, 0.5) is 5.69 Å². The number of hydrogen-bond donors (Lipinski definition) is 0. The topological polar surface area (TPSA) is 73.8 Å². The maximum atomic E-state index is 12.6. The first-order chi connectivity index (χ1) is 22.5. The fourth-order valence-corrected chi connectivity index (χ4v) is 10.1. The summed E-state index contributed by atoms with van der Waals surface area (Å²) in [6.45, 7) is 2.34. The first kappa shape index (κ1) is 31.8. The number of methoxy groups -OCH3 is 2. The van der Waals surface area contributed by atoms with Crippen molar-refractivity contribution >= 4 is 35.0 Å². The van der Waals surface area contributed by atoms with Crippen LogP contribution in [0.15, 0.2) is 60.0 Å². The molecule has 3 aromatic rings. The van der Waals surface area contributed by atoms with Crippen LogP contribution in [0.3, 0.4) is 0 Å². The molecule has 1 aromatic heterocycles. The average Bonchev–Trinajstić information content (AvgIpc) is 3.22. The predicted molar refractivity (Wildman–Crippen MR) is 182 cm³/mol. The molecular formula is C37H44ClN3O4S. The van der Waals surface area contributed by atoms with E-state index in [1.807, 2.05) is 61.6 Å². The Morgan fingerprint density at radius 1 is 1.11 bits per heavy atom. The van der Waals surface area contributed by atoms with Crippen LogP contribution < -0.4 is 9.64 Å². The molecule has 0 bridgehead atoms. The average molecular weight is 662 g/mol. The van der Waals surface area contributed by atoms with E-state index >= 15 is 0 Å². The van der Waals surface area contributed by atoms with Crippen LogP contribution in [0.25, 0.3) is 0 Å². The van der Waals surface area contributed by atoms with Crippen LogP contribution >= 0.6 is 23.4 Å². The summed E-state index contributed by atoms with van der Waals surface area (Å²) in [4.78, 5) is 24.1. The number of rotatable bonds is 8. The Kier molecular flexibility index (Phi) is 9.49. The van der Waals surface area contributed by atoms with E-state index in [4.69, 9.17) is 25.8 Å². The highest BCUT2D eigenvalue weighted by Gasteiger charge is 2.46. The van der Waals surface area contributed by atoms with Crippen molar-refractivity contribution in [3.63, 3.8) is 0 Å². The number of thioether (sulfide) groups is 1. The smallest absolute Gasteiger partial charge is 0.337 e. The highest BCUT2D eigenvalue weighted by atomic mass is 35.5. The van der Waals surface area contributed by atoms with Gasteiger partial charge in [-0.3, -0.25) is 0 Å². The summed E-state index contributed by atoms with van der Waals surface area (Å²) in [5.41, 5.74) is 4.06. The number of carbonyl (C=O) groups excluding carboxylic acids is 1. The Labute approximate surface area is 281 Å². The first-order valence-electron chi connectivity index (χ1n) is 16.8. The zero-order valence-corrected chi connectivity index (χ0v) is 28.4. The molecule has 9 heteroatoms. The van der Waals surface area contributed by atoms with Gasteiger partial charge in [0.1, 0.15) is 5.75 Å². The molecule has 2 saturated carbocycles. The molecule has 2 fully saturated rings. The summed E-state index contributed by atoms with van der Waals surface area (Å²) in [6.07, 6.45) is 14.2. The minimum atomic E-state index is -0.328. The number of esters is 1. The van der Waals surface area contributed by atoms with Crippen LogP contribution in [0.5, 0.6) is 5.75 Å². The van der Waals surface area contributed by atoms with Gasteiger partial charge < -0.3 is 19.1 Å². The molecule has 244 valence electrons. The number of hydrogen-bond acceptors (Lipinski definition) is 8. The molecule has 3 aliphatic carbocycles. The third-order valence-corrected chi connectivity index (χ3v) is 12.4. The second kappa shape index (κ2) is 13.7. The van der Waals surface area contributed by atoms with Gasteiger partial charge in [0, 0.05) is 48.3 Å². The Hall–Kier alpha value is -2.81. The molecule has 7 rings (SSSR count). The molecule has 7 nitrogen and oxygen atoms in total. The highest BCUT2D eigenvalue weighted by Crippen LogP contribution is 2.49. The van der Waals surface area contributed by atoms with Gasteiger partial charge in [0.15, 0.2) is 5.16 Å². The second-order valence-electron chi connectivity index (χ2n) is 13.7. The molecule has 1 spiro atoms.